The average molecular weight is 138 g/mol. The van der Waals surface area contributed by atoms with Crippen LogP contribution in [0.25, 0.3) is 0 Å². The molecule has 0 saturated carbocycles. The molecule has 0 bridgehead atoms. The van der Waals surface area contributed by atoms with E-state index in [2.05, 4.69) is 0 Å². The van der Waals surface area contributed by atoms with Crippen LogP contribution in [0.15, 0.2) is 0 Å². The molecule has 0 heterocycles. The van der Waals surface area contributed by atoms with E-state index in [1.807, 2.05) is 6.92 Å². The minimum Gasteiger partial charge on any atom is -0.297 e. The van der Waals surface area contributed by atoms with Gasteiger partial charge in [0.25, 0.3) is 0 Å². The van der Waals surface area contributed by atoms with Gasteiger partial charge in [-0.1, -0.05) is 6.92 Å². The Balaban J connectivity index is 3.00. The molecule has 0 aliphatic rings. The molecule has 0 radical (unpaired) electrons. The van der Waals surface area contributed by atoms with Gasteiger partial charge in [0.2, 0.25) is 0 Å². The van der Waals surface area contributed by atoms with Crippen LogP contribution in [0.4, 0.5) is 0 Å². The van der Waals surface area contributed by atoms with Crippen LogP contribution in [0.1, 0.15) is 6.92 Å². The van der Waals surface area contributed by atoms with Crippen LogP contribution in [0.2, 0.25) is 0 Å². The molecule has 0 fully saturated rings. The van der Waals surface area contributed by atoms with Crippen molar-refractivity contribution in [1.82, 2.24) is 0 Å². The highest BCUT2D eigenvalue weighted by atomic mass is 35.5. The molecule has 0 amide bonds. The van der Waals surface area contributed by atoms with Crippen LogP contribution in [-0.2, 0) is 0 Å². The van der Waals surface area contributed by atoms with E-state index in [1.54, 1.807) is 0 Å². The Morgan fingerprint density at radius 2 is 2.43 bits per heavy atom. The van der Waals surface area contributed by atoms with Crippen molar-refractivity contribution in [1.29, 1.82) is 5.41 Å². The van der Waals surface area contributed by atoms with Crippen LogP contribution in [0.3, 0.4) is 0 Å². The zero-order valence-corrected chi connectivity index (χ0v) is 5.77. The molecule has 0 rings (SSSR count). The van der Waals surface area contributed by atoms with E-state index in [1.165, 1.54) is 11.8 Å². The maximum Gasteiger partial charge on any atom is 0.0789 e. The third-order valence-electron chi connectivity index (χ3n) is 0.440. The smallest absolute Gasteiger partial charge is 0.0789 e. The van der Waals surface area contributed by atoms with Gasteiger partial charge in [-0.05, 0) is 5.75 Å². The van der Waals surface area contributed by atoms with Crippen LogP contribution >= 0.6 is 23.4 Å². The van der Waals surface area contributed by atoms with Gasteiger partial charge >= 0.3 is 0 Å². The lowest BCUT2D eigenvalue weighted by atomic mass is 10.9. The van der Waals surface area contributed by atoms with Gasteiger partial charge in [-0.3, -0.25) is 5.41 Å². The van der Waals surface area contributed by atoms with Gasteiger partial charge in [-0.25, -0.2) is 0 Å². The maximum atomic E-state index is 6.97. The fourth-order valence-corrected chi connectivity index (χ4v) is 0.870. The van der Waals surface area contributed by atoms with Crippen molar-refractivity contribution in [3.63, 3.8) is 0 Å². The third kappa shape index (κ3) is 4.16. The van der Waals surface area contributed by atoms with Crippen molar-refractivity contribution >= 4 is 28.4 Å². The van der Waals surface area contributed by atoms with Gasteiger partial charge in [0.1, 0.15) is 0 Å². The van der Waals surface area contributed by atoms with E-state index < -0.39 is 0 Å². The van der Waals surface area contributed by atoms with E-state index in [9.17, 15) is 0 Å². The monoisotopic (exact) mass is 137 g/mol. The molecule has 3 heteroatoms. The molecule has 1 nitrogen and oxygen atoms in total. The fraction of sp³-hybridized carbons (Fsp3) is 0.750. The summed E-state index contributed by atoms with van der Waals surface area (Å²) in [5.74, 6) is 1.31. The summed E-state index contributed by atoms with van der Waals surface area (Å²) in [4.78, 5) is 0. The summed E-state index contributed by atoms with van der Waals surface area (Å²) in [6.45, 7) is 2.01. The molecule has 0 atom stereocenters. The first-order valence-corrected chi connectivity index (χ1v) is 3.59. The highest BCUT2D eigenvalue weighted by molar-refractivity contribution is 8.13. The maximum absolute atomic E-state index is 6.97. The summed E-state index contributed by atoms with van der Waals surface area (Å²) in [7, 11) is 0. The summed E-state index contributed by atoms with van der Waals surface area (Å²) >= 11 is 6.77. The quantitative estimate of drug-likeness (QED) is 0.351. The Labute approximate surface area is 52.9 Å². The largest absolute Gasteiger partial charge is 0.297 e. The second kappa shape index (κ2) is 4.47. The molecule has 7 heavy (non-hydrogen) atoms. The van der Waals surface area contributed by atoms with E-state index >= 15 is 0 Å². The van der Waals surface area contributed by atoms with Gasteiger partial charge in [0.15, 0.2) is 0 Å². The van der Waals surface area contributed by atoms with E-state index in [0.29, 0.717) is 10.9 Å². The van der Waals surface area contributed by atoms with Crippen molar-refractivity contribution in [2.24, 2.45) is 0 Å². The average Bonchev–Trinajstić information content (AvgIpc) is 1.68. The Morgan fingerprint density at radius 1 is 1.86 bits per heavy atom. The molecule has 42 valence electrons. The molecule has 0 unspecified atom stereocenters. The Kier molecular flexibility index (Phi) is 4.67. The summed E-state index contributed by atoms with van der Waals surface area (Å²) < 4.78 is 0. The van der Waals surface area contributed by atoms with Gasteiger partial charge in [0, 0.05) is 0 Å². The first-order valence-electron chi connectivity index (χ1n) is 2.07. The third-order valence-corrected chi connectivity index (χ3v) is 1.65. The summed E-state index contributed by atoms with van der Waals surface area (Å²) in [5.41, 5.74) is 0. The second-order valence-corrected chi connectivity index (χ2v) is 2.62. The molecular weight excluding hydrogens is 130 g/mol. The molecule has 0 aromatic rings. The van der Waals surface area contributed by atoms with Crippen molar-refractivity contribution in [3.8, 4) is 0 Å². The van der Waals surface area contributed by atoms with Gasteiger partial charge < -0.3 is 0 Å². The number of hydrogen-bond acceptors (Lipinski definition) is 2. The van der Waals surface area contributed by atoms with Crippen molar-refractivity contribution in [2.45, 2.75) is 6.92 Å². The Morgan fingerprint density at radius 3 is 2.57 bits per heavy atom. The van der Waals surface area contributed by atoms with Crippen molar-refractivity contribution in [3.05, 3.63) is 0 Å². The zero-order valence-electron chi connectivity index (χ0n) is 4.20. The molecule has 0 aliphatic carbocycles. The highest BCUT2D eigenvalue weighted by Crippen LogP contribution is 2.00. The number of hydrogen-bond donors (Lipinski definition) is 1. The molecule has 0 saturated heterocycles. The van der Waals surface area contributed by atoms with E-state index in [4.69, 9.17) is 17.0 Å². The minimum absolute atomic E-state index is 0.360. The Bertz CT molecular complexity index is 64.7. The number of thioether (sulfide) groups is 1. The number of rotatable bonds is 2. The number of alkyl halides is 1. The summed E-state index contributed by atoms with van der Waals surface area (Å²) in [6.07, 6.45) is 0. The van der Waals surface area contributed by atoms with Crippen LogP contribution in [0, 0.1) is 5.41 Å². The normalized spacial score (nSPS) is 8.86. The summed E-state index contributed by atoms with van der Waals surface area (Å²) in [6, 6.07) is 0. The molecule has 0 spiro atoms. The molecule has 0 aliphatic heterocycles. The van der Waals surface area contributed by atoms with Crippen molar-refractivity contribution in [2.75, 3.05) is 11.6 Å². The van der Waals surface area contributed by atoms with E-state index in [0.717, 1.165) is 5.75 Å². The van der Waals surface area contributed by atoms with Crippen molar-refractivity contribution < 1.29 is 0 Å². The first-order chi connectivity index (χ1) is 3.31. The molecule has 0 aromatic heterocycles. The van der Waals surface area contributed by atoms with Gasteiger partial charge in [-0.2, -0.15) is 0 Å². The molecule has 1 N–H and O–H groups in total. The standard InChI is InChI=1S/C4H8ClNS/c1-2-7-4(6)3-5/h6H,2-3H2,1H3. The fourth-order valence-electron chi connectivity index (χ4n) is 0.213. The first kappa shape index (κ1) is 7.31. The summed E-state index contributed by atoms with van der Waals surface area (Å²) in [5, 5.41) is 7.53. The number of halogens is 1. The van der Waals surface area contributed by atoms with Gasteiger partial charge in [0.05, 0.1) is 10.9 Å². The SMILES string of the molecule is CCSC(=N)CCl. The lowest BCUT2D eigenvalue weighted by Gasteiger charge is -1.90. The highest BCUT2D eigenvalue weighted by Gasteiger charge is 1.88. The second-order valence-electron chi connectivity index (χ2n) is 0.990. The molecule has 0 aromatic carbocycles. The van der Waals surface area contributed by atoms with Crippen LogP contribution in [0.5, 0.6) is 0 Å². The van der Waals surface area contributed by atoms with Gasteiger partial charge in [-0.15, -0.1) is 23.4 Å². The predicted octanol–water partition coefficient (Wildman–Crippen LogP) is 1.96. The topological polar surface area (TPSA) is 23.9 Å². The molecular formula is C4H8ClNS. The van der Waals surface area contributed by atoms with Crippen LogP contribution < -0.4 is 0 Å². The van der Waals surface area contributed by atoms with E-state index in [-0.39, 0.29) is 0 Å². The zero-order chi connectivity index (χ0) is 5.70. The lowest BCUT2D eigenvalue weighted by molar-refractivity contribution is 1.51. The number of nitrogens with one attached hydrogen (secondary N) is 1. The lowest BCUT2D eigenvalue weighted by Crippen LogP contribution is -1.89. The predicted molar refractivity (Wildman–Crippen MR) is 36.6 cm³/mol. The Hall–Kier alpha value is 0.310. The van der Waals surface area contributed by atoms with Crippen LogP contribution in [-0.4, -0.2) is 16.7 Å². The minimum atomic E-state index is 0.360.